The van der Waals surface area contributed by atoms with Crippen molar-refractivity contribution in [1.29, 1.82) is 0 Å². The standard InChI is InChI=1S/C17H24BrNO2/c1-12-10-19(11-13(9-18)21-12)16(20)14-7-5-6-8-15(14)17(2,3)4/h5-8,12-13H,9-11H2,1-4H3. The molecular formula is C17H24BrNO2. The first-order valence-corrected chi connectivity index (χ1v) is 8.55. The van der Waals surface area contributed by atoms with Crippen LogP contribution in [0.4, 0.5) is 0 Å². The normalized spacial score (nSPS) is 23.2. The van der Waals surface area contributed by atoms with Crippen molar-refractivity contribution in [3.63, 3.8) is 0 Å². The van der Waals surface area contributed by atoms with Gasteiger partial charge >= 0.3 is 0 Å². The van der Waals surface area contributed by atoms with Gasteiger partial charge in [-0.2, -0.15) is 0 Å². The summed E-state index contributed by atoms with van der Waals surface area (Å²) in [6.07, 6.45) is 0.145. The topological polar surface area (TPSA) is 29.5 Å². The summed E-state index contributed by atoms with van der Waals surface area (Å²) in [7, 11) is 0. The molecule has 2 unspecified atom stereocenters. The Balaban J connectivity index is 2.28. The molecule has 2 atom stereocenters. The SMILES string of the molecule is CC1CN(C(=O)c2ccccc2C(C)(C)C)CC(CBr)O1. The second-order valence-corrected chi connectivity index (χ2v) is 7.38. The third kappa shape index (κ3) is 3.86. The first-order valence-electron chi connectivity index (χ1n) is 7.43. The molecule has 0 radical (unpaired) electrons. The van der Waals surface area contributed by atoms with E-state index in [2.05, 4.69) is 42.8 Å². The summed E-state index contributed by atoms with van der Waals surface area (Å²) in [5.74, 6) is 0.113. The molecule has 4 heteroatoms. The smallest absolute Gasteiger partial charge is 0.254 e. The lowest BCUT2D eigenvalue weighted by Gasteiger charge is -2.37. The number of halogens is 1. The van der Waals surface area contributed by atoms with E-state index in [9.17, 15) is 4.79 Å². The highest BCUT2D eigenvalue weighted by atomic mass is 79.9. The quantitative estimate of drug-likeness (QED) is 0.760. The van der Waals surface area contributed by atoms with Gasteiger partial charge in [-0.15, -0.1) is 0 Å². The third-order valence-corrected chi connectivity index (χ3v) is 4.47. The van der Waals surface area contributed by atoms with E-state index in [0.717, 1.165) is 16.5 Å². The van der Waals surface area contributed by atoms with E-state index in [1.54, 1.807) is 0 Å². The second-order valence-electron chi connectivity index (χ2n) is 6.73. The van der Waals surface area contributed by atoms with Crippen molar-refractivity contribution in [3.05, 3.63) is 35.4 Å². The van der Waals surface area contributed by atoms with Gasteiger partial charge in [0.15, 0.2) is 0 Å². The van der Waals surface area contributed by atoms with Gasteiger partial charge in [0, 0.05) is 24.0 Å². The van der Waals surface area contributed by atoms with E-state index < -0.39 is 0 Å². The number of ether oxygens (including phenoxy) is 1. The molecule has 3 nitrogen and oxygen atoms in total. The summed E-state index contributed by atoms with van der Waals surface area (Å²) in [6, 6.07) is 7.93. The molecule has 2 rings (SSSR count). The molecular weight excluding hydrogens is 330 g/mol. The molecule has 0 saturated carbocycles. The van der Waals surface area contributed by atoms with Crippen molar-refractivity contribution in [3.8, 4) is 0 Å². The zero-order valence-electron chi connectivity index (χ0n) is 13.2. The Morgan fingerprint density at radius 3 is 2.62 bits per heavy atom. The molecule has 1 aromatic rings. The largest absolute Gasteiger partial charge is 0.371 e. The highest BCUT2D eigenvalue weighted by Crippen LogP contribution is 2.27. The molecule has 0 N–H and O–H groups in total. The van der Waals surface area contributed by atoms with Crippen LogP contribution in [0.1, 0.15) is 43.6 Å². The van der Waals surface area contributed by atoms with Crippen molar-refractivity contribution in [1.82, 2.24) is 4.90 Å². The monoisotopic (exact) mass is 353 g/mol. The molecule has 1 saturated heterocycles. The van der Waals surface area contributed by atoms with E-state index in [4.69, 9.17) is 4.74 Å². The molecule has 1 amide bonds. The minimum atomic E-state index is -0.0427. The highest BCUT2D eigenvalue weighted by molar-refractivity contribution is 9.09. The summed E-state index contributed by atoms with van der Waals surface area (Å²) < 4.78 is 5.81. The van der Waals surface area contributed by atoms with Crippen molar-refractivity contribution >= 4 is 21.8 Å². The fraction of sp³-hybridized carbons (Fsp3) is 0.588. The molecule has 0 spiro atoms. The number of carbonyl (C=O) groups excluding carboxylic acids is 1. The Kier molecular flexibility index (Phi) is 5.10. The van der Waals surface area contributed by atoms with Crippen LogP contribution in [0.3, 0.4) is 0 Å². The predicted molar refractivity (Wildman–Crippen MR) is 89.2 cm³/mol. The van der Waals surface area contributed by atoms with Crippen LogP contribution in [0.25, 0.3) is 0 Å². The van der Waals surface area contributed by atoms with Crippen molar-refractivity contribution in [2.75, 3.05) is 18.4 Å². The molecule has 1 aromatic carbocycles. The van der Waals surface area contributed by atoms with Crippen molar-refractivity contribution < 1.29 is 9.53 Å². The number of hydrogen-bond acceptors (Lipinski definition) is 2. The van der Waals surface area contributed by atoms with Crippen LogP contribution in [-0.2, 0) is 10.2 Å². The number of carbonyl (C=O) groups is 1. The van der Waals surface area contributed by atoms with Crippen LogP contribution in [0.2, 0.25) is 0 Å². The Morgan fingerprint density at radius 1 is 1.33 bits per heavy atom. The number of morpholine rings is 1. The minimum Gasteiger partial charge on any atom is -0.371 e. The lowest BCUT2D eigenvalue weighted by Crippen LogP contribution is -2.50. The summed E-state index contributed by atoms with van der Waals surface area (Å²) in [5, 5.41) is 0.752. The molecule has 1 aliphatic rings. The maximum absolute atomic E-state index is 12.9. The zero-order chi connectivity index (χ0) is 15.6. The molecule has 1 heterocycles. The van der Waals surface area contributed by atoms with E-state index in [0.29, 0.717) is 13.1 Å². The van der Waals surface area contributed by atoms with E-state index in [-0.39, 0.29) is 23.5 Å². The molecule has 0 bridgehead atoms. The van der Waals surface area contributed by atoms with Crippen LogP contribution in [0.15, 0.2) is 24.3 Å². The average molecular weight is 354 g/mol. The highest BCUT2D eigenvalue weighted by Gasteiger charge is 2.30. The number of benzene rings is 1. The van der Waals surface area contributed by atoms with E-state index >= 15 is 0 Å². The van der Waals surface area contributed by atoms with Crippen LogP contribution in [0.5, 0.6) is 0 Å². The molecule has 116 valence electrons. The Morgan fingerprint density at radius 2 is 2.00 bits per heavy atom. The number of nitrogens with zero attached hydrogens (tertiary/aromatic N) is 1. The number of rotatable bonds is 2. The van der Waals surface area contributed by atoms with Gasteiger partial charge in [-0.1, -0.05) is 54.9 Å². The Labute approximate surface area is 135 Å². The van der Waals surface area contributed by atoms with E-state index in [1.807, 2.05) is 30.0 Å². The maximum Gasteiger partial charge on any atom is 0.254 e. The number of hydrogen-bond donors (Lipinski definition) is 0. The zero-order valence-corrected chi connectivity index (χ0v) is 14.8. The average Bonchev–Trinajstić information content (AvgIpc) is 2.45. The van der Waals surface area contributed by atoms with Gasteiger partial charge < -0.3 is 9.64 Å². The van der Waals surface area contributed by atoms with Gasteiger partial charge in [0.2, 0.25) is 0 Å². The van der Waals surface area contributed by atoms with Crippen LogP contribution in [-0.4, -0.2) is 41.4 Å². The van der Waals surface area contributed by atoms with Crippen molar-refractivity contribution in [2.24, 2.45) is 0 Å². The number of alkyl halides is 1. The lowest BCUT2D eigenvalue weighted by molar-refractivity contribution is -0.0560. The third-order valence-electron chi connectivity index (χ3n) is 3.75. The van der Waals surface area contributed by atoms with Gasteiger partial charge in [-0.05, 0) is 24.0 Å². The number of amides is 1. The Hall–Kier alpha value is -0.870. The van der Waals surface area contributed by atoms with Crippen LogP contribution >= 0.6 is 15.9 Å². The van der Waals surface area contributed by atoms with Gasteiger partial charge in [0.05, 0.1) is 12.2 Å². The minimum absolute atomic E-state index is 0.0427. The summed E-state index contributed by atoms with van der Waals surface area (Å²) in [4.78, 5) is 14.9. The predicted octanol–water partition coefficient (Wildman–Crippen LogP) is 3.61. The molecule has 1 aliphatic heterocycles. The molecule has 21 heavy (non-hydrogen) atoms. The fourth-order valence-corrected chi connectivity index (χ4v) is 3.15. The first-order chi connectivity index (χ1) is 9.82. The van der Waals surface area contributed by atoms with Gasteiger partial charge in [0.1, 0.15) is 0 Å². The molecule has 1 fully saturated rings. The summed E-state index contributed by atoms with van der Waals surface area (Å²) in [5.41, 5.74) is 1.87. The summed E-state index contributed by atoms with van der Waals surface area (Å²) >= 11 is 3.45. The van der Waals surface area contributed by atoms with Crippen LogP contribution < -0.4 is 0 Å². The van der Waals surface area contributed by atoms with Gasteiger partial charge in [0.25, 0.3) is 5.91 Å². The summed E-state index contributed by atoms with van der Waals surface area (Å²) in [6.45, 7) is 9.74. The molecule has 0 aliphatic carbocycles. The second kappa shape index (κ2) is 6.49. The van der Waals surface area contributed by atoms with E-state index in [1.165, 1.54) is 0 Å². The lowest BCUT2D eigenvalue weighted by atomic mass is 9.83. The van der Waals surface area contributed by atoms with Crippen molar-refractivity contribution in [2.45, 2.75) is 45.3 Å². The van der Waals surface area contributed by atoms with Crippen LogP contribution in [0, 0.1) is 0 Å². The first kappa shape index (κ1) is 16.5. The fourth-order valence-electron chi connectivity index (χ4n) is 2.79. The molecule has 0 aromatic heterocycles. The van der Waals surface area contributed by atoms with Gasteiger partial charge in [-0.25, -0.2) is 0 Å². The maximum atomic E-state index is 12.9. The van der Waals surface area contributed by atoms with Gasteiger partial charge in [-0.3, -0.25) is 4.79 Å². The Bertz CT molecular complexity index is 510.